The Kier molecular flexibility index (Phi) is 8.03. The van der Waals surface area contributed by atoms with Gasteiger partial charge in [0.15, 0.2) is 0 Å². The third-order valence-electron chi connectivity index (χ3n) is 3.73. The van der Waals surface area contributed by atoms with Gasteiger partial charge in [-0.1, -0.05) is 13.8 Å². The second kappa shape index (κ2) is 10.0. The van der Waals surface area contributed by atoms with E-state index in [-0.39, 0.29) is 17.3 Å². The zero-order valence-electron chi connectivity index (χ0n) is 15.2. The number of aliphatic hydroxyl groups is 1. The van der Waals surface area contributed by atoms with Crippen molar-refractivity contribution in [1.29, 1.82) is 0 Å². The van der Waals surface area contributed by atoms with Crippen molar-refractivity contribution in [1.82, 2.24) is 9.29 Å². The number of aromatic nitrogens is 1. The van der Waals surface area contributed by atoms with E-state index in [1.807, 2.05) is 0 Å². The summed E-state index contributed by atoms with van der Waals surface area (Å²) < 4.78 is 44.4. The van der Waals surface area contributed by atoms with Crippen LogP contribution in [-0.4, -0.2) is 54.4 Å². The van der Waals surface area contributed by atoms with E-state index >= 15 is 0 Å². The van der Waals surface area contributed by atoms with Crippen molar-refractivity contribution in [3.05, 3.63) is 48.4 Å². The molecule has 0 unspecified atom stereocenters. The average Bonchev–Trinajstić information content (AvgIpc) is 2.67. The van der Waals surface area contributed by atoms with Crippen LogP contribution in [0.15, 0.2) is 52.5 Å². The maximum atomic E-state index is 12.8. The zero-order valence-corrected chi connectivity index (χ0v) is 16.8. The molecule has 0 saturated heterocycles. The second-order valence-electron chi connectivity index (χ2n) is 5.65. The molecule has 0 bridgehead atoms. The van der Waals surface area contributed by atoms with Crippen molar-refractivity contribution in [2.75, 3.05) is 25.4 Å². The van der Waals surface area contributed by atoms with Crippen molar-refractivity contribution in [2.45, 2.75) is 29.9 Å². The third-order valence-corrected chi connectivity index (χ3v) is 6.85. The fourth-order valence-electron chi connectivity index (χ4n) is 2.27. The van der Waals surface area contributed by atoms with Gasteiger partial charge in [-0.3, -0.25) is 0 Å². The molecule has 9 heteroatoms. The molecule has 0 fully saturated rings. The molecule has 6 nitrogen and oxygen atoms in total. The maximum absolute atomic E-state index is 12.8. The fourth-order valence-corrected chi connectivity index (χ4v) is 4.42. The Balaban J connectivity index is 1.86. The van der Waals surface area contributed by atoms with E-state index in [1.54, 1.807) is 19.9 Å². The highest BCUT2D eigenvalue weighted by Crippen LogP contribution is 2.20. The molecule has 1 N–H and O–H groups in total. The van der Waals surface area contributed by atoms with Gasteiger partial charge in [0.25, 0.3) is 0 Å². The van der Waals surface area contributed by atoms with Gasteiger partial charge >= 0.3 is 0 Å². The van der Waals surface area contributed by atoms with E-state index in [9.17, 15) is 17.9 Å². The number of ether oxygens (including phenoxy) is 1. The van der Waals surface area contributed by atoms with Crippen molar-refractivity contribution in [2.24, 2.45) is 0 Å². The normalized spacial score (nSPS) is 12.9. The van der Waals surface area contributed by atoms with E-state index in [0.717, 1.165) is 0 Å². The number of hydrogen-bond acceptors (Lipinski definition) is 6. The number of hydrogen-bond donors (Lipinski definition) is 1. The quantitative estimate of drug-likeness (QED) is 0.602. The largest absolute Gasteiger partial charge is 0.491 e. The first kappa shape index (κ1) is 21.6. The van der Waals surface area contributed by atoms with Crippen LogP contribution in [0.5, 0.6) is 5.75 Å². The number of pyridine rings is 1. The zero-order chi connectivity index (χ0) is 19.9. The number of rotatable bonds is 10. The molecule has 1 aromatic heterocycles. The van der Waals surface area contributed by atoms with Gasteiger partial charge in [-0.05, 0) is 36.4 Å². The molecule has 0 amide bonds. The minimum Gasteiger partial charge on any atom is -0.491 e. The number of sulfonamides is 1. The molecule has 0 spiro atoms. The van der Waals surface area contributed by atoms with Crippen LogP contribution in [0.4, 0.5) is 4.39 Å². The Morgan fingerprint density at radius 3 is 2.41 bits per heavy atom. The number of halogens is 1. The number of nitrogens with zero attached hydrogens (tertiary/aromatic N) is 2. The summed E-state index contributed by atoms with van der Waals surface area (Å²) in [5.74, 6) is 0.455. The van der Waals surface area contributed by atoms with Crippen molar-refractivity contribution in [3.63, 3.8) is 0 Å². The molecule has 0 radical (unpaired) electrons. The molecule has 1 atom stereocenters. The molecule has 27 heavy (non-hydrogen) atoms. The molecule has 0 aliphatic carbocycles. The Hall–Kier alpha value is -1.68. The van der Waals surface area contributed by atoms with Crippen LogP contribution in [0.2, 0.25) is 0 Å². The summed E-state index contributed by atoms with van der Waals surface area (Å²) in [6.07, 6.45) is 0.582. The van der Waals surface area contributed by atoms with Crippen LogP contribution >= 0.6 is 11.8 Å². The van der Waals surface area contributed by atoms with Gasteiger partial charge in [0.05, 0.1) is 11.1 Å². The highest BCUT2D eigenvalue weighted by atomic mass is 32.2. The molecule has 1 aromatic carbocycles. The lowest BCUT2D eigenvalue weighted by Gasteiger charge is -2.18. The summed E-state index contributed by atoms with van der Waals surface area (Å²) in [5, 5.41) is 10.6. The monoisotopic (exact) mass is 414 g/mol. The van der Waals surface area contributed by atoms with Crippen molar-refractivity contribution < 1.29 is 22.7 Å². The van der Waals surface area contributed by atoms with Crippen molar-refractivity contribution in [3.8, 4) is 5.75 Å². The maximum Gasteiger partial charge on any atom is 0.244 e. The Morgan fingerprint density at radius 1 is 1.19 bits per heavy atom. The summed E-state index contributed by atoms with van der Waals surface area (Å²) in [4.78, 5) is 4.31. The minimum absolute atomic E-state index is 0.0626. The minimum atomic E-state index is -3.53. The molecule has 2 aromatic rings. The first-order valence-electron chi connectivity index (χ1n) is 8.52. The van der Waals surface area contributed by atoms with E-state index in [0.29, 0.717) is 29.6 Å². The number of benzene rings is 1. The van der Waals surface area contributed by atoms with Gasteiger partial charge in [0, 0.05) is 25.0 Å². The number of thioether (sulfide) groups is 1. The van der Waals surface area contributed by atoms with E-state index in [2.05, 4.69) is 4.98 Å². The molecule has 2 rings (SSSR count). The molecule has 0 aliphatic heterocycles. The molecule has 0 aliphatic rings. The molecule has 148 valence electrons. The summed E-state index contributed by atoms with van der Waals surface area (Å²) >= 11 is 1.30. The highest BCUT2D eigenvalue weighted by molar-refractivity contribution is 7.99. The second-order valence-corrected chi connectivity index (χ2v) is 8.63. The lowest BCUT2D eigenvalue weighted by molar-refractivity contribution is 0.126. The van der Waals surface area contributed by atoms with Crippen LogP contribution in [0.3, 0.4) is 0 Å². The highest BCUT2D eigenvalue weighted by Gasteiger charge is 2.21. The third kappa shape index (κ3) is 6.17. The average molecular weight is 415 g/mol. The predicted molar refractivity (Wildman–Crippen MR) is 103 cm³/mol. The predicted octanol–water partition coefficient (Wildman–Crippen LogP) is 2.78. The summed E-state index contributed by atoms with van der Waals surface area (Å²) in [6, 6.07) is 8.69. The van der Waals surface area contributed by atoms with Crippen molar-refractivity contribution >= 4 is 21.8 Å². The van der Waals surface area contributed by atoms with E-state index in [4.69, 9.17) is 4.74 Å². The summed E-state index contributed by atoms with van der Waals surface area (Å²) in [5.41, 5.74) is 0. The topological polar surface area (TPSA) is 79.7 Å². The van der Waals surface area contributed by atoms with Gasteiger partial charge in [-0.2, -0.15) is 4.31 Å². The van der Waals surface area contributed by atoms with Gasteiger partial charge < -0.3 is 9.84 Å². The lowest BCUT2D eigenvalue weighted by Crippen LogP contribution is -2.30. The van der Waals surface area contributed by atoms with Crippen LogP contribution in [-0.2, 0) is 10.0 Å². The summed E-state index contributed by atoms with van der Waals surface area (Å²) in [6.45, 7) is 4.43. The molecular weight excluding hydrogens is 391 g/mol. The number of aliphatic hydroxyl groups excluding tert-OH is 1. The SMILES string of the molecule is CCN(CC)S(=O)(=O)c1ccc(SC[C@@H](O)COc2ccc(F)cc2)nc1. The van der Waals surface area contributed by atoms with Gasteiger partial charge in [0.2, 0.25) is 10.0 Å². The van der Waals surface area contributed by atoms with E-state index in [1.165, 1.54) is 52.6 Å². The van der Waals surface area contributed by atoms with Gasteiger partial charge in [-0.15, -0.1) is 11.8 Å². The molecular formula is C18H23FN2O4S2. The Labute approximate surface area is 163 Å². The van der Waals surface area contributed by atoms with Crippen LogP contribution < -0.4 is 4.74 Å². The Bertz CT molecular complexity index is 810. The first-order valence-corrected chi connectivity index (χ1v) is 10.9. The standard InChI is InChI=1S/C18H23FN2O4S2/c1-3-21(4-2)27(23,24)17-9-10-18(20-11-17)26-13-15(22)12-25-16-7-5-14(19)6-8-16/h5-11,15,22H,3-4,12-13H2,1-2H3/t15-/m0/s1. The van der Waals surface area contributed by atoms with Crippen LogP contribution in [0, 0.1) is 5.82 Å². The van der Waals surface area contributed by atoms with Gasteiger partial charge in [0.1, 0.15) is 23.1 Å². The lowest BCUT2D eigenvalue weighted by atomic mass is 10.3. The van der Waals surface area contributed by atoms with Gasteiger partial charge in [-0.25, -0.2) is 17.8 Å². The smallest absolute Gasteiger partial charge is 0.244 e. The molecule has 1 heterocycles. The van der Waals surface area contributed by atoms with Crippen LogP contribution in [0.1, 0.15) is 13.8 Å². The molecule has 0 saturated carbocycles. The fraction of sp³-hybridized carbons (Fsp3) is 0.389. The first-order chi connectivity index (χ1) is 12.9. The summed E-state index contributed by atoms with van der Waals surface area (Å²) in [7, 11) is -3.53. The van der Waals surface area contributed by atoms with E-state index < -0.39 is 16.1 Å². The Morgan fingerprint density at radius 2 is 1.85 bits per heavy atom. The van der Waals surface area contributed by atoms with Crippen LogP contribution in [0.25, 0.3) is 0 Å².